The van der Waals surface area contributed by atoms with Crippen molar-refractivity contribution in [3.63, 3.8) is 0 Å². The maximum Gasteiger partial charge on any atom is 0.337 e. The SMILES string of the molecule is CC1(C)C(=O)NC(=O)CN1c1ccc(C(=O)O)c(Cl)c1. The van der Waals surface area contributed by atoms with Gasteiger partial charge in [0.1, 0.15) is 5.54 Å². The molecule has 1 aromatic carbocycles. The fraction of sp³-hybridized carbons (Fsp3) is 0.308. The molecule has 2 N–H and O–H groups in total. The molecule has 0 spiro atoms. The summed E-state index contributed by atoms with van der Waals surface area (Å²) < 4.78 is 0. The maximum absolute atomic E-state index is 11.9. The van der Waals surface area contributed by atoms with E-state index in [1.807, 2.05) is 0 Å². The summed E-state index contributed by atoms with van der Waals surface area (Å²) in [4.78, 5) is 35.9. The van der Waals surface area contributed by atoms with Crippen LogP contribution in [0.4, 0.5) is 5.69 Å². The van der Waals surface area contributed by atoms with E-state index in [1.165, 1.54) is 18.2 Å². The predicted molar refractivity (Wildman–Crippen MR) is 73.0 cm³/mol. The molecule has 2 amide bonds. The molecular formula is C13H13ClN2O4. The van der Waals surface area contributed by atoms with Gasteiger partial charge in [-0.15, -0.1) is 0 Å². The van der Waals surface area contributed by atoms with E-state index in [2.05, 4.69) is 5.32 Å². The number of piperazine rings is 1. The molecule has 7 heteroatoms. The fourth-order valence-corrected chi connectivity index (χ4v) is 2.30. The van der Waals surface area contributed by atoms with Crippen LogP contribution in [0.3, 0.4) is 0 Å². The molecule has 0 saturated carbocycles. The molecule has 1 aromatic rings. The van der Waals surface area contributed by atoms with Gasteiger partial charge in [0.15, 0.2) is 0 Å². The van der Waals surface area contributed by atoms with Crippen molar-refractivity contribution in [3.05, 3.63) is 28.8 Å². The minimum atomic E-state index is -1.13. The molecule has 1 heterocycles. The smallest absolute Gasteiger partial charge is 0.337 e. The number of hydrogen-bond donors (Lipinski definition) is 2. The Morgan fingerprint density at radius 3 is 2.60 bits per heavy atom. The van der Waals surface area contributed by atoms with Crippen molar-refractivity contribution in [2.75, 3.05) is 11.4 Å². The van der Waals surface area contributed by atoms with E-state index in [4.69, 9.17) is 16.7 Å². The van der Waals surface area contributed by atoms with Crippen LogP contribution in [0.2, 0.25) is 5.02 Å². The number of anilines is 1. The first-order valence-corrected chi connectivity index (χ1v) is 6.26. The van der Waals surface area contributed by atoms with Gasteiger partial charge in [-0.25, -0.2) is 4.79 Å². The summed E-state index contributed by atoms with van der Waals surface area (Å²) in [6, 6.07) is 4.33. The Labute approximate surface area is 120 Å². The van der Waals surface area contributed by atoms with Gasteiger partial charge in [0.2, 0.25) is 5.91 Å². The number of rotatable bonds is 2. The van der Waals surface area contributed by atoms with Gasteiger partial charge in [-0.2, -0.15) is 0 Å². The standard InChI is InChI=1S/C13H13ClN2O4/c1-13(2)12(20)15-10(17)6-16(13)7-3-4-8(11(18)19)9(14)5-7/h3-5H,6H2,1-2H3,(H,18,19)(H,15,17,20). The molecule has 0 aromatic heterocycles. The molecular weight excluding hydrogens is 284 g/mol. The number of imide groups is 1. The number of carboxylic acid groups (broad SMARTS) is 1. The highest BCUT2D eigenvalue weighted by Crippen LogP contribution is 2.30. The average Bonchev–Trinajstić information content (AvgIpc) is 2.33. The highest BCUT2D eigenvalue weighted by molar-refractivity contribution is 6.33. The first kappa shape index (κ1) is 14.3. The zero-order valence-electron chi connectivity index (χ0n) is 10.9. The summed E-state index contributed by atoms with van der Waals surface area (Å²) in [7, 11) is 0. The lowest BCUT2D eigenvalue weighted by molar-refractivity contribution is -0.135. The summed E-state index contributed by atoms with van der Waals surface area (Å²) >= 11 is 5.92. The van der Waals surface area contributed by atoms with E-state index < -0.39 is 23.3 Å². The first-order chi connectivity index (χ1) is 9.23. The lowest BCUT2D eigenvalue weighted by Gasteiger charge is -2.41. The van der Waals surface area contributed by atoms with Crippen LogP contribution in [-0.2, 0) is 9.59 Å². The van der Waals surface area contributed by atoms with Crippen LogP contribution in [0, 0.1) is 0 Å². The molecule has 0 bridgehead atoms. The van der Waals surface area contributed by atoms with E-state index in [9.17, 15) is 14.4 Å². The van der Waals surface area contributed by atoms with E-state index in [1.54, 1.807) is 18.7 Å². The Morgan fingerprint density at radius 2 is 2.05 bits per heavy atom. The third-order valence-corrected chi connectivity index (χ3v) is 3.59. The highest BCUT2D eigenvalue weighted by Gasteiger charge is 2.41. The monoisotopic (exact) mass is 296 g/mol. The number of amides is 2. The number of nitrogens with zero attached hydrogens (tertiary/aromatic N) is 1. The van der Waals surface area contributed by atoms with Gasteiger partial charge in [-0.05, 0) is 32.0 Å². The van der Waals surface area contributed by atoms with Crippen molar-refractivity contribution in [1.82, 2.24) is 5.32 Å². The molecule has 0 aliphatic carbocycles. The molecule has 1 saturated heterocycles. The summed E-state index contributed by atoms with van der Waals surface area (Å²) in [5.74, 6) is -1.95. The number of carboxylic acids is 1. The largest absolute Gasteiger partial charge is 0.478 e. The van der Waals surface area contributed by atoms with E-state index in [0.29, 0.717) is 5.69 Å². The molecule has 0 atom stereocenters. The summed E-state index contributed by atoms with van der Waals surface area (Å²) in [6.45, 7) is 3.35. The molecule has 20 heavy (non-hydrogen) atoms. The van der Waals surface area contributed by atoms with E-state index in [-0.39, 0.29) is 17.1 Å². The number of benzene rings is 1. The fourth-order valence-electron chi connectivity index (χ4n) is 2.04. The minimum absolute atomic E-state index is 0.00148. The van der Waals surface area contributed by atoms with Crippen LogP contribution >= 0.6 is 11.6 Å². The van der Waals surface area contributed by atoms with Gasteiger partial charge in [-0.1, -0.05) is 11.6 Å². The van der Waals surface area contributed by atoms with E-state index in [0.717, 1.165) is 0 Å². The van der Waals surface area contributed by atoms with Crippen LogP contribution in [0.1, 0.15) is 24.2 Å². The summed E-state index contributed by atoms with van der Waals surface area (Å²) in [5, 5.41) is 11.3. The van der Waals surface area contributed by atoms with Crippen LogP contribution < -0.4 is 10.2 Å². The first-order valence-electron chi connectivity index (χ1n) is 5.88. The number of hydrogen-bond acceptors (Lipinski definition) is 4. The van der Waals surface area contributed by atoms with Gasteiger partial charge < -0.3 is 10.0 Å². The Balaban J connectivity index is 2.44. The molecule has 1 fully saturated rings. The third-order valence-electron chi connectivity index (χ3n) is 3.28. The second kappa shape index (κ2) is 4.79. The molecule has 1 aliphatic heterocycles. The number of carbonyl (C=O) groups is 3. The van der Waals surface area contributed by atoms with Gasteiger partial charge in [0.05, 0.1) is 17.1 Å². The zero-order valence-corrected chi connectivity index (χ0v) is 11.7. The topological polar surface area (TPSA) is 86.7 Å². The lowest BCUT2D eigenvalue weighted by Crippen LogP contribution is -2.64. The molecule has 0 radical (unpaired) electrons. The van der Waals surface area contributed by atoms with Crippen molar-refractivity contribution >= 4 is 35.1 Å². The van der Waals surface area contributed by atoms with E-state index >= 15 is 0 Å². The normalized spacial score (nSPS) is 17.9. The zero-order chi connectivity index (χ0) is 15.1. The molecule has 1 aliphatic rings. The van der Waals surface area contributed by atoms with Crippen molar-refractivity contribution in [2.24, 2.45) is 0 Å². The number of halogens is 1. The van der Waals surface area contributed by atoms with Crippen molar-refractivity contribution in [2.45, 2.75) is 19.4 Å². The Bertz CT molecular complexity index is 612. The van der Waals surface area contributed by atoms with Gasteiger partial charge >= 0.3 is 5.97 Å². The van der Waals surface area contributed by atoms with Gasteiger partial charge in [0, 0.05) is 5.69 Å². The quantitative estimate of drug-likeness (QED) is 0.803. The van der Waals surface area contributed by atoms with Crippen molar-refractivity contribution in [1.29, 1.82) is 0 Å². The molecule has 0 unspecified atom stereocenters. The summed E-state index contributed by atoms with van der Waals surface area (Å²) in [6.07, 6.45) is 0. The molecule has 106 valence electrons. The second-order valence-corrected chi connectivity index (χ2v) is 5.40. The Hall–Kier alpha value is -2.08. The van der Waals surface area contributed by atoms with Crippen LogP contribution in [0.15, 0.2) is 18.2 Å². The van der Waals surface area contributed by atoms with Gasteiger partial charge in [-0.3, -0.25) is 14.9 Å². The minimum Gasteiger partial charge on any atom is -0.478 e. The van der Waals surface area contributed by atoms with Gasteiger partial charge in [0.25, 0.3) is 5.91 Å². The van der Waals surface area contributed by atoms with Crippen LogP contribution in [0.25, 0.3) is 0 Å². The number of aromatic carboxylic acids is 1. The molecule has 2 rings (SSSR count). The van der Waals surface area contributed by atoms with Crippen molar-refractivity contribution in [3.8, 4) is 0 Å². The summed E-state index contributed by atoms with van der Waals surface area (Å²) in [5.41, 5.74) is -0.434. The lowest BCUT2D eigenvalue weighted by atomic mass is 9.97. The molecule has 6 nitrogen and oxygen atoms in total. The highest BCUT2D eigenvalue weighted by atomic mass is 35.5. The Kier molecular flexibility index (Phi) is 3.43. The Morgan fingerprint density at radius 1 is 1.40 bits per heavy atom. The van der Waals surface area contributed by atoms with Crippen LogP contribution in [0.5, 0.6) is 0 Å². The second-order valence-electron chi connectivity index (χ2n) is 4.99. The maximum atomic E-state index is 11.9. The predicted octanol–water partition coefficient (Wildman–Crippen LogP) is 1.28. The van der Waals surface area contributed by atoms with Crippen molar-refractivity contribution < 1.29 is 19.5 Å². The number of nitrogens with one attached hydrogen (secondary N) is 1. The van der Waals surface area contributed by atoms with Crippen LogP contribution in [-0.4, -0.2) is 35.0 Å². The number of carbonyl (C=O) groups excluding carboxylic acids is 2. The third kappa shape index (κ3) is 2.34. The average molecular weight is 297 g/mol.